The predicted octanol–water partition coefficient (Wildman–Crippen LogP) is 1.75. The van der Waals surface area contributed by atoms with Gasteiger partial charge in [-0.15, -0.1) is 0 Å². The van der Waals surface area contributed by atoms with Crippen molar-refractivity contribution in [2.45, 2.75) is 13.0 Å². The van der Waals surface area contributed by atoms with Crippen molar-refractivity contribution in [2.75, 3.05) is 19.5 Å². The lowest BCUT2D eigenvalue weighted by Gasteiger charge is -2.27. The second-order valence-electron chi connectivity index (χ2n) is 4.86. The van der Waals surface area contributed by atoms with Crippen LogP contribution in [0.25, 0.3) is 0 Å². The molecule has 1 atom stereocenters. The molecule has 0 fully saturated rings. The minimum Gasteiger partial charge on any atom is -0.497 e. The number of allylic oxidation sites excluding steroid dienone is 1. The lowest BCUT2D eigenvalue weighted by Crippen LogP contribution is -2.29. The minimum atomic E-state index is -0.396. The van der Waals surface area contributed by atoms with Gasteiger partial charge < -0.3 is 14.8 Å². The van der Waals surface area contributed by atoms with Crippen LogP contribution < -0.4 is 10.1 Å². The van der Waals surface area contributed by atoms with Crippen LogP contribution in [0.15, 0.2) is 41.9 Å². The van der Waals surface area contributed by atoms with Crippen LogP contribution >= 0.6 is 0 Å². The molecular formula is C15H16N4O3. The van der Waals surface area contributed by atoms with E-state index in [4.69, 9.17) is 9.47 Å². The van der Waals surface area contributed by atoms with Crippen molar-refractivity contribution in [3.05, 3.63) is 47.4 Å². The summed E-state index contributed by atoms with van der Waals surface area (Å²) < 4.78 is 11.8. The summed E-state index contributed by atoms with van der Waals surface area (Å²) in [5.74, 6) is 0.940. The van der Waals surface area contributed by atoms with Crippen LogP contribution in [0, 0.1) is 0 Å². The summed E-state index contributed by atoms with van der Waals surface area (Å²) in [4.78, 5) is 16.4. The number of carbonyl (C=O) groups is 1. The molecule has 2 aromatic rings. The monoisotopic (exact) mass is 300 g/mol. The number of carbonyl (C=O) groups excluding carboxylic acids is 1. The van der Waals surface area contributed by atoms with Crippen molar-refractivity contribution in [3.63, 3.8) is 0 Å². The number of nitrogens with one attached hydrogen (secondary N) is 1. The van der Waals surface area contributed by atoms with E-state index < -0.39 is 12.0 Å². The fraction of sp³-hybridized carbons (Fsp3) is 0.267. The van der Waals surface area contributed by atoms with E-state index in [0.29, 0.717) is 17.2 Å². The molecule has 1 aliphatic heterocycles. The fourth-order valence-electron chi connectivity index (χ4n) is 2.56. The van der Waals surface area contributed by atoms with Crippen LogP contribution in [0.2, 0.25) is 0 Å². The molecule has 114 valence electrons. The Morgan fingerprint density at radius 3 is 2.64 bits per heavy atom. The highest BCUT2D eigenvalue weighted by atomic mass is 16.5. The first kappa shape index (κ1) is 14.1. The van der Waals surface area contributed by atoms with Gasteiger partial charge in [0.1, 0.15) is 18.1 Å². The Kier molecular flexibility index (Phi) is 3.54. The van der Waals surface area contributed by atoms with Crippen LogP contribution in [0.3, 0.4) is 0 Å². The number of benzene rings is 1. The number of hydrogen-bond acceptors (Lipinski definition) is 6. The van der Waals surface area contributed by atoms with E-state index in [1.165, 1.54) is 13.4 Å². The summed E-state index contributed by atoms with van der Waals surface area (Å²) in [6.07, 6.45) is 1.45. The molecule has 3 rings (SSSR count). The van der Waals surface area contributed by atoms with Crippen molar-refractivity contribution in [2.24, 2.45) is 0 Å². The Morgan fingerprint density at radius 2 is 2.00 bits per heavy atom. The zero-order valence-electron chi connectivity index (χ0n) is 12.5. The summed E-state index contributed by atoms with van der Waals surface area (Å²) >= 11 is 0. The number of anilines is 1. The molecule has 0 amide bonds. The number of aromatic nitrogens is 3. The van der Waals surface area contributed by atoms with E-state index in [9.17, 15) is 4.79 Å². The third-order valence-electron chi connectivity index (χ3n) is 3.63. The molecule has 1 aromatic heterocycles. The fourth-order valence-corrected chi connectivity index (χ4v) is 2.56. The molecule has 1 unspecified atom stereocenters. The van der Waals surface area contributed by atoms with Crippen molar-refractivity contribution >= 4 is 11.9 Å². The quantitative estimate of drug-likeness (QED) is 0.870. The minimum absolute atomic E-state index is 0.392. The standard InChI is InChI=1S/C15H16N4O3/c1-9-12(14(20)22-3)13(19-15(18-9)16-8-17-19)10-4-6-11(21-2)7-5-10/h4-8,13H,1-3H3,(H,16,17,18). The highest BCUT2D eigenvalue weighted by Gasteiger charge is 2.33. The summed E-state index contributed by atoms with van der Waals surface area (Å²) in [7, 11) is 2.98. The second kappa shape index (κ2) is 5.51. The number of fused-ring (bicyclic) bond motifs is 1. The number of nitrogens with zero attached hydrogens (tertiary/aromatic N) is 3. The van der Waals surface area contributed by atoms with Crippen LogP contribution in [0.1, 0.15) is 18.5 Å². The molecule has 0 spiro atoms. The van der Waals surface area contributed by atoms with Crippen molar-refractivity contribution in [3.8, 4) is 5.75 Å². The molecule has 0 saturated heterocycles. The Bertz CT molecular complexity index is 734. The van der Waals surface area contributed by atoms with Crippen molar-refractivity contribution in [1.82, 2.24) is 14.8 Å². The zero-order valence-corrected chi connectivity index (χ0v) is 12.5. The van der Waals surface area contributed by atoms with E-state index in [2.05, 4.69) is 15.4 Å². The lowest BCUT2D eigenvalue weighted by molar-refractivity contribution is -0.136. The third kappa shape index (κ3) is 2.20. The average Bonchev–Trinajstić information content (AvgIpc) is 3.00. The lowest BCUT2D eigenvalue weighted by atomic mass is 9.96. The molecule has 22 heavy (non-hydrogen) atoms. The maximum absolute atomic E-state index is 12.2. The van der Waals surface area contributed by atoms with Gasteiger partial charge in [-0.2, -0.15) is 10.1 Å². The summed E-state index contributed by atoms with van der Waals surface area (Å²) in [6.45, 7) is 1.82. The molecule has 0 aliphatic carbocycles. The summed E-state index contributed by atoms with van der Waals surface area (Å²) in [5.41, 5.74) is 2.10. The number of rotatable bonds is 3. The first-order valence-electron chi connectivity index (χ1n) is 6.75. The number of methoxy groups -OCH3 is 2. The summed E-state index contributed by atoms with van der Waals surface area (Å²) in [6, 6.07) is 7.10. The topological polar surface area (TPSA) is 78.3 Å². The molecule has 1 aliphatic rings. The van der Waals surface area contributed by atoms with E-state index >= 15 is 0 Å². The molecule has 0 radical (unpaired) electrons. The van der Waals surface area contributed by atoms with Gasteiger partial charge in [0.25, 0.3) is 0 Å². The van der Waals surface area contributed by atoms with E-state index in [-0.39, 0.29) is 0 Å². The molecular weight excluding hydrogens is 284 g/mol. The molecule has 0 saturated carbocycles. The Morgan fingerprint density at radius 1 is 1.27 bits per heavy atom. The van der Waals surface area contributed by atoms with Crippen LogP contribution in [0.5, 0.6) is 5.75 Å². The van der Waals surface area contributed by atoms with Gasteiger partial charge in [0.15, 0.2) is 0 Å². The smallest absolute Gasteiger partial charge is 0.338 e. The maximum Gasteiger partial charge on any atom is 0.338 e. The second-order valence-corrected chi connectivity index (χ2v) is 4.86. The number of ether oxygens (including phenoxy) is 2. The Balaban J connectivity index is 2.13. The summed E-state index contributed by atoms with van der Waals surface area (Å²) in [5, 5.41) is 7.30. The van der Waals surface area contributed by atoms with E-state index in [1.54, 1.807) is 11.8 Å². The van der Waals surface area contributed by atoms with Crippen molar-refractivity contribution in [1.29, 1.82) is 0 Å². The van der Waals surface area contributed by atoms with Crippen molar-refractivity contribution < 1.29 is 14.3 Å². The van der Waals surface area contributed by atoms with Gasteiger partial charge in [-0.05, 0) is 24.6 Å². The molecule has 1 N–H and O–H groups in total. The van der Waals surface area contributed by atoms with Gasteiger partial charge >= 0.3 is 5.97 Å². The molecule has 7 nitrogen and oxygen atoms in total. The largest absolute Gasteiger partial charge is 0.497 e. The van der Waals surface area contributed by atoms with Crippen LogP contribution in [0.4, 0.5) is 5.95 Å². The van der Waals surface area contributed by atoms with Gasteiger partial charge in [-0.3, -0.25) is 0 Å². The van der Waals surface area contributed by atoms with Gasteiger partial charge in [0.05, 0.1) is 19.8 Å². The molecule has 2 heterocycles. The van der Waals surface area contributed by atoms with Gasteiger partial charge in [-0.1, -0.05) is 12.1 Å². The highest BCUT2D eigenvalue weighted by Crippen LogP contribution is 2.35. The van der Waals surface area contributed by atoms with Crippen LogP contribution in [-0.2, 0) is 9.53 Å². The van der Waals surface area contributed by atoms with Crippen LogP contribution in [-0.4, -0.2) is 35.0 Å². The molecule has 1 aromatic carbocycles. The van der Waals surface area contributed by atoms with Gasteiger partial charge in [0, 0.05) is 5.70 Å². The van der Waals surface area contributed by atoms with Gasteiger partial charge in [0.2, 0.25) is 5.95 Å². The number of esters is 1. The average molecular weight is 300 g/mol. The molecule has 0 bridgehead atoms. The number of hydrogen-bond donors (Lipinski definition) is 1. The Labute approximate surface area is 127 Å². The highest BCUT2D eigenvalue weighted by molar-refractivity contribution is 5.92. The maximum atomic E-state index is 12.2. The third-order valence-corrected chi connectivity index (χ3v) is 3.63. The Hall–Kier alpha value is -2.83. The normalized spacial score (nSPS) is 16.8. The first-order chi connectivity index (χ1) is 10.7. The molecule has 7 heteroatoms. The predicted molar refractivity (Wildman–Crippen MR) is 79.5 cm³/mol. The first-order valence-corrected chi connectivity index (χ1v) is 6.75. The zero-order chi connectivity index (χ0) is 15.7. The van der Waals surface area contributed by atoms with E-state index in [1.807, 2.05) is 31.2 Å². The van der Waals surface area contributed by atoms with Gasteiger partial charge in [-0.25, -0.2) is 9.48 Å². The SMILES string of the molecule is COC(=O)C1=C(C)Nc2ncnn2C1c1ccc(OC)cc1. The van der Waals surface area contributed by atoms with E-state index in [0.717, 1.165) is 11.3 Å².